The van der Waals surface area contributed by atoms with E-state index in [0.717, 1.165) is 19.3 Å². The van der Waals surface area contributed by atoms with E-state index in [4.69, 9.17) is 15.6 Å². The van der Waals surface area contributed by atoms with E-state index in [1.807, 2.05) is 6.92 Å². The molecule has 0 aromatic rings. The molecule has 0 aliphatic heterocycles. The molecule has 4 N–H and O–H groups in total. The minimum Gasteiger partial charge on any atom is -0.481 e. The van der Waals surface area contributed by atoms with Crippen LogP contribution in [0.15, 0.2) is 0 Å². The van der Waals surface area contributed by atoms with Gasteiger partial charge in [-0.15, -0.1) is 0 Å². The highest BCUT2D eigenvalue weighted by atomic mass is 16.5. The number of carboxylic acid groups (broad SMARTS) is 1. The van der Waals surface area contributed by atoms with Crippen molar-refractivity contribution >= 4 is 17.8 Å². The minimum absolute atomic E-state index is 0.00234. The van der Waals surface area contributed by atoms with E-state index in [1.165, 1.54) is 0 Å². The van der Waals surface area contributed by atoms with Crippen LogP contribution in [0, 0.1) is 5.92 Å². The van der Waals surface area contributed by atoms with Crippen molar-refractivity contribution in [3.63, 3.8) is 0 Å². The molecule has 0 radical (unpaired) electrons. The van der Waals surface area contributed by atoms with Crippen LogP contribution in [0.3, 0.4) is 0 Å². The Hall–Kier alpha value is -1.63. The van der Waals surface area contributed by atoms with Gasteiger partial charge in [0.1, 0.15) is 6.61 Å². The number of carboxylic acids is 1. The van der Waals surface area contributed by atoms with E-state index in [9.17, 15) is 14.4 Å². The molecule has 2 unspecified atom stereocenters. The Morgan fingerprint density at radius 2 is 2.05 bits per heavy atom. The van der Waals surface area contributed by atoms with E-state index in [-0.39, 0.29) is 24.5 Å². The second kappa shape index (κ2) is 7.84. The van der Waals surface area contributed by atoms with Crippen LogP contribution in [-0.2, 0) is 19.1 Å². The highest BCUT2D eigenvalue weighted by molar-refractivity contribution is 5.86. The molecule has 0 aromatic heterocycles. The summed E-state index contributed by atoms with van der Waals surface area (Å²) in [4.78, 5) is 33.7. The fourth-order valence-corrected chi connectivity index (χ4v) is 1.80. The third kappa shape index (κ3) is 5.16. The third-order valence-corrected chi connectivity index (χ3v) is 3.44. The molecule has 1 saturated carbocycles. The van der Waals surface area contributed by atoms with Crippen LogP contribution < -0.4 is 11.1 Å². The Kier molecular flexibility index (Phi) is 6.44. The van der Waals surface area contributed by atoms with Gasteiger partial charge in [-0.3, -0.25) is 14.4 Å². The van der Waals surface area contributed by atoms with Crippen LogP contribution in [0.25, 0.3) is 0 Å². The lowest BCUT2D eigenvalue weighted by atomic mass is 9.86. The fourth-order valence-electron chi connectivity index (χ4n) is 1.80. The minimum atomic E-state index is -1.13. The zero-order valence-electron chi connectivity index (χ0n) is 11.6. The molecular weight excluding hydrogens is 264 g/mol. The number of nitrogens with two attached hydrogens (primary N) is 1. The van der Waals surface area contributed by atoms with Crippen LogP contribution in [0.5, 0.6) is 0 Å². The molecule has 0 heterocycles. The fraction of sp³-hybridized carbons (Fsp3) is 0.769. The second-order valence-corrected chi connectivity index (χ2v) is 5.08. The maximum Gasteiger partial charge on any atom is 0.309 e. The van der Waals surface area contributed by atoms with Gasteiger partial charge in [0.15, 0.2) is 0 Å². The number of aliphatic carboxylic acids is 1. The first-order valence-corrected chi connectivity index (χ1v) is 6.88. The van der Waals surface area contributed by atoms with Crippen LogP contribution in [0.1, 0.15) is 39.0 Å². The summed E-state index contributed by atoms with van der Waals surface area (Å²) >= 11 is 0. The Balaban J connectivity index is 2.32. The predicted octanol–water partition coefficient (Wildman–Crippen LogP) is 0.0265. The monoisotopic (exact) mass is 286 g/mol. The summed E-state index contributed by atoms with van der Waals surface area (Å²) in [6, 6.07) is -1.43. The molecule has 1 amide bonds. The lowest BCUT2D eigenvalue weighted by molar-refractivity contribution is -0.152. The van der Waals surface area contributed by atoms with Gasteiger partial charge in [0.25, 0.3) is 0 Å². The molecule has 0 bridgehead atoms. The molecule has 7 heteroatoms. The lowest BCUT2D eigenvalue weighted by Gasteiger charge is -2.25. The molecule has 114 valence electrons. The van der Waals surface area contributed by atoms with Crippen LogP contribution >= 0.6 is 0 Å². The highest BCUT2D eigenvalue weighted by Crippen LogP contribution is 2.27. The summed E-state index contributed by atoms with van der Waals surface area (Å²) in [5.41, 5.74) is 5.46. The van der Waals surface area contributed by atoms with Crippen molar-refractivity contribution in [1.29, 1.82) is 0 Å². The molecule has 1 rings (SSSR count). The average Bonchev–Trinajstić information content (AvgIpc) is 2.30. The zero-order chi connectivity index (χ0) is 15.1. The summed E-state index contributed by atoms with van der Waals surface area (Å²) in [5, 5.41) is 11.2. The van der Waals surface area contributed by atoms with Crippen molar-refractivity contribution in [1.82, 2.24) is 5.32 Å². The largest absolute Gasteiger partial charge is 0.481 e. The van der Waals surface area contributed by atoms with E-state index in [0.29, 0.717) is 6.42 Å². The van der Waals surface area contributed by atoms with Gasteiger partial charge in [-0.1, -0.05) is 13.3 Å². The number of esters is 1. The van der Waals surface area contributed by atoms with Gasteiger partial charge in [0.2, 0.25) is 5.91 Å². The second-order valence-electron chi connectivity index (χ2n) is 5.08. The predicted molar refractivity (Wildman–Crippen MR) is 70.7 cm³/mol. The van der Waals surface area contributed by atoms with Crippen molar-refractivity contribution in [2.45, 2.75) is 51.1 Å². The van der Waals surface area contributed by atoms with Gasteiger partial charge in [0, 0.05) is 0 Å². The first-order chi connectivity index (χ1) is 9.43. The molecule has 0 spiro atoms. The molecular formula is C13H22N2O5. The quantitative estimate of drug-likeness (QED) is 0.541. The average molecular weight is 286 g/mol. The van der Waals surface area contributed by atoms with Gasteiger partial charge in [0.05, 0.1) is 24.4 Å². The lowest BCUT2D eigenvalue weighted by Crippen LogP contribution is -2.48. The molecule has 1 aliphatic rings. The first-order valence-electron chi connectivity index (χ1n) is 6.88. The number of carbonyl (C=O) groups excluding carboxylic acids is 2. The highest BCUT2D eigenvalue weighted by Gasteiger charge is 2.27. The summed E-state index contributed by atoms with van der Waals surface area (Å²) in [5.74, 6) is -1.90. The van der Waals surface area contributed by atoms with E-state index >= 15 is 0 Å². The van der Waals surface area contributed by atoms with Crippen molar-refractivity contribution in [2.75, 3.05) is 6.61 Å². The molecule has 1 fully saturated rings. The molecule has 7 nitrogen and oxygen atoms in total. The number of rotatable bonds is 8. The van der Waals surface area contributed by atoms with Crippen molar-refractivity contribution < 1.29 is 24.2 Å². The smallest absolute Gasteiger partial charge is 0.309 e. The molecule has 2 atom stereocenters. The van der Waals surface area contributed by atoms with E-state index < -0.39 is 24.3 Å². The Bertz CT molecular complexity index is 368. The van der Waals surface area contributed by atoms with Gasteiger partial charge >= 0.3 is 11.9 Å². The molecule has 1 aliphatic carbocycles. The summed E-state index contributed by atoms with van der Waals surface area (Å²) in [7, 11) is 0. The normalized spacial score (nSPS) is 17.7. The maximum absolute atomic E-state index is 11.7. The van der Waals surface area contributed by atoms with Gasteiger partial charge in [-0.25, -0.2) is 0 Å². The summed E-state index contributed by atoms with van der Waals surface area (Å²) in [6.45, 7) is 1.93. The zero-order valence-corrected chi connectivity index (χ0v) is 11.6. The molecule has 0 aromatic carbocycles. The molecule has 0 saturated heterocycles. The standard InChI is InChI=1S/C13H22N2O5/c1-2-9(7-20-13(19)8-4-3-5-8)15-12(18)10(14)6-11(16)17/h8-10H,2-7,14H2,1H3,(H,15,18)(H,16,17). The first kappa shape index (κ1) is 16.4. The number of nitrogens with one attached hydrogen (secondary N) is 1. The van der Waals surface area contributed by atoms with Crippen molar-refractivity contribution in [2.24, 2.45) is 11.7 Å². The topological polar surface area (TPSA) is 119 Å². The number of ether oxygens (including phenoxy) is 1. The van der Waals surface area contributed by atoms with E-state index in [2.05, 4.69) is 5.32 Å². The number of hydrogen-bond donors (Lipinski definition) is 3. The summed E-state index contributed by atoms with van der Waals surface area (Å²) in [6.07, 6.45) is 2.93. The number of carbonyl (C=O) groups is 3. The van der Waals surface area contributed by atoms with Gasteiger partial charge in [-0.05, 0) is 19.3 Å². The Morgan fingerprint density at radius 1 is 1.40 bits per heavy atom. The van der Waals surface area contributed by atoms with Crippen LogP contribution in [-0.4, -0.2) is 41.6 Å². The van der Waals surface area contributed by atoms with Crippen LogP contribution in [0.4, 0.5) is 0 Å². The Morgan fingerprint density at radius 3 is 2.50 bits per heavy atom. The maximum atomic E-state index is 11.7. The molecule has 20 heavy (non-hydrogen) atoms. The van der Waals surface area contributed by atoms with E-state index in [1.54, 1.807) is 0 Å². The van der Waals surface area contributed by atoms with Crippen LogP contribution in [0.2, 0.25) is 0 Å². The van der Waals surface area contributed by atoms with Crippen molar-refractivity contribution in [3.8, 4) is 0 Å². The Labute approximate surface area is 117 Å². The SMILES string of the molecule is CCC(COC(=O)C1CCC1)NC(=O)C(N)CC(=O)O. The van der Waals surface area contributed by atoms with Crippen molar-refractivity contribution in [3.05, 3.63) is 0 Å². The summed E-state index contributed by atoms with van der Waals surface area (Å²) < 4.78 is 5.15. The number of amides is 1. The number of hydrogen-bond acceptors (Lipinski definition) is 5. The third-order valence-electron chi connectivity index (χ3n) is 3.44. The van der Waals surface area contributed by atoms with Gasteiger partial charge < -0.3 is 20.9 Å². The van der Waals surface area contributed by atoms with Gasteiger partial charge in [-0.2, -0.15) is 0 Å².